The zero-order chi connectivity index (χ0) is 14.2. The van der Waals surface area contributed by atoms with Crippen molar-refractivity contribution in [2.45, 2.75) is 0 Å². The summed E-state index contributed by atoms with van der Waals surface area (Å²) in [5, 5.41) is 2.57. The Kier molecular flexibility index (Phi) is 4.94. The quantitative estimate of drug-likeness (QED) is 0.906. The van der Waals surface area contributed by atoms with Crippen LogP contribution in [0.4, 0.5) is 14.9 Å². The van der Waals surface area contributed by atoms with Crippen LogP contribution in [0.15, 0.2) is 54.6 Å². The summed E-state index contributed by atoms with van der Waals surface area (Å²) in [5.74, 6) is 0.940. The van der Waals surface area contributed by atoms with Crippen molar-refractivity contribution in [3.05, 3.63) is 54.6 Å². The number of para-hydroxylation sites is 1. The molecule has 0 spiro atoms. The van der Waals surface area contributed by atoms with E-state index in [-0.39, 0.29) is 6.61 Å². The molecule has 0 aliphatic heterocycles. The zero-order valence-corrected chi connectivity index (χ0v) is 10.7. The SMILES string of the molecule is O=C(Nc1cccc(OCCF)c1)Oc1ccccc1. The molecule has 0 aliphatic rings. The first-order valence-corrected chi connectivity index (χ1v) is 6.10. The van der Waals surface area contributed by atoms with E-state index < -0.39 is 12.8 Å². The Labute approximate surface area is 116 Å². The van der Waals surface area contributed by atoms with Crippen molar-refractivity contribution in [2.24, 2.45) is 0 Å². The van der Waals surface area contributed by atoms with Crippen molar-refractivity contribution in [3.63, 3.8) is 0 Å². The highest BCUT2D eigenvalue weighted by molar-refractivity contribution is 5.86. The summed E-state index contributed by atoms with van der Waals surface area (Å²) in [5.41, 5.74) is 0.516. The maximum absolute atomic E-state index is 12.0. The van der Waals surface area contributed by atoms with Gasteiger partial charge in [-0.1, -0.05) is 24.3 Å². The summed E-state index contributed by atoms with van der Waals surface area (Å²) >= 11 is 0. The summed E-state index contributed by atoms with van der Waals surface area (Å²) in [6, 6.07) is 15.4. The van der Waals surface area contributed by atoms with E-state index in [0.717, 1.165) is 0 Å². The third-order valence-electron chi connectivity index (χ3n) is 2.38. The van der Waals surface area contributed by atoms with Gasteiger partial charge in [0.15, 0.2) is 0 Å². The predicted molar refractivity (Wildman–Crippen MR) is 74.0 cm³/mol. The highest BCUT2D eigenvalue weighted by Gasteiger charge is 2.05. The van der Waals surface area contributed by atoms with E-state index in [9.17, 15) is 9.18 Å². The third-order valence-corrected chi connectivity index (χ3v) is 2.38. The van der Waals surface area contributed by atoms with Crippen molar-refractivity contribution < 1.29 is 18.7 Å². The number of carbonyl (C=O) groups is 1. The second kappa shape index (κ2) is 7.13. The van der Waals surface area contributed by atoms with Gasteiger partial charge in [-0.2, -0.15) is 0 Å². The molecule has 0 bridgehead atoms. The monoisotopic (exact) mass is 275 g/mol. The van der Waals surface area contributed by atoms with Crippen LogP contribution in [0.25, 0.3) is 0 Å². The molecule has 2 rings (SSSR count). The molecule has 2 aromatic carbocycles. The minimum atomic E-state index is -0.598. The van der Waals surface area contributed by atoms with E-state index in [1.807, 2.05) is 6.07 Å². The Balaban J connectivity index is 1.94. The van der Waals surface area contributed by atoms with E-state index in [2.05, 4.69) is 5.32 Å². The molecule has 0 saturated carbocycles. The first kappa shape index (κ1) is 13.9. The lowest BCUT2D eigenvalue weighted by atomic mass is 10.3. The molecular formula is C15H14FNO3. The van der Waals surface area contributed by atoms with Crippen molar-refractivity contribution >= 4 is 11.8 Å². The Morgan fingerprint density at radius 3 is 2.55 bits per heavy atom. The Morgan fingerprint density at radius 1 is 1.05 bits per heavy atom. The molecule has 0 unspecified atom stereocenters. The summed E-state index contributed by atoms with van der Waals surface area (Å²) in [4.78, 5) is 11.7. The van der Waals surface area contributed by atoms with Gasteiger partial charge < -0.3 is 9.47 Å². The topological polar surface area (TPSA) is 47.6 Å². The van der Waals surface area contributed by atoms with Gasteiger partial charge >= 0.3 is 6.09 Å². The highest BCUT2D eigenvalue weighted by Crippen LogP contribution is 2.18. The van der Waals surface area contributed by atoms with Crippen LogP contribution in [0.5, 0.6) is 11.5 Å². The smallest absolute Gasteiger partial charge is 0.417 e. The number of halogens is 1. The summed E-state index contributed by atoms with van der Waals surface area (Å²) in [6.45, 7) is -0.578. The number of ether oxygens (including phenoxy) is 2. The number of benzene rings is 2. The molecule has 4 nitrogen and oxygen atoms in total. The fraction of sp³-hybridized carbons (Fsp3) is 0.133. The lowest BCUT2D eigenvalue weighted by molar-refractivity contribution is 0.215. The molecule has 0 radical (unpaired) electrons. The fourth-order valence-corrected chi connectivity index (χ4v) is 1.56. The van der Waals surface area contributed by atoms with Gasteiger partial charge in [-0.05, 0) is 24.3 Å². The van der Waals surface area contributed by atoms with Gasteiger partial charge in [0.05, 0.1) is 0 Å². The molecule has 0 atom stereocenters. The van der Waals surface area contributed by atoms with Crippen LogP contribution in [0.1, 0.15) is 0 Å². The first-order valence-electron chi connectivity index (χ1n) is 6.10. The molecule has 0 fully saturated rings. The van der Waals surface area contributed by atoms with Gasteiger partial charge in [-0.15, -0.1) is 0 Å². The number of nitrogens with one attached hydrogen (secondary N) is 1. The van der Waals surface area contributed by atoms with E-state index in [1.54, 1.807) is 48.5 Å². The largest absolute Gasteiger partial charge is 0.491 e. The maximum atomic E-state index is 12.0. The van der Waals surface area contributed by atoms with Crippen LogP contribution >= 0.6 is 0 Å². The lowest BCUT2D eigenvalue weighted by Gasteiger charge is -2.08. The van der Waals surface area contributed by atoms with E-state index >= 15 is 0 Å². The molecule has 1 amide bonds. The van der Waals surface area contributed by atoms with Crippen molar-refractivity contribution in [3.8, 4) is 11.5 Å². The number of carbonyl (C=O) groups excluding carboxylic acids is 1. The normalized spacial score (nSPS) is 9.85. The standard InChI is InChI=1S/C15H14FNO3/c16-9-10-19-14-8-4-5-12(11-14)17-15(18)20-13-6-2-1-3-7-13/h1-8,11H,9-10H2,(H,17,18). The molecular weight excluding hydrogens is 261 g/mol. The van der Waals surface area contributed by atoms with Crippen LogP contribution in [-0.4, -0.2) is 19.4 Å². The molecule has 0 saturated heterocycles. The second-order valence-corrected chi connectivity index (χ2v) is 3.89. The van der Waals surface area contributed by atoms with Crippen molar-refractivity contribution in [1.82, 2.24) is 0 Å². The van der Waals surface area contributed by atoms with Crippen LogP contribution in [0, 0.1) is 0 Å². The van der Waals surface area contributed by atoms with Crippen LogP contribution < -0.4 is 14.8 Å². The minimum Gasteiger partial charge on any atom is -0.491 e. The molecule has 0 heterocycles. The number of anilines is 1. The van der Waals surface area contributed by atoms with Crippen LogP contribution in [0.2, 0.25) is 0 Å². The Bertz CT molecular complexity index is 560. The maximum Gasteiger partial charge on any atom is 0.417 e. The van der Waals surface area contributed by atoms with Gasteiger partial charge in [-0.25, -0.2) is 9.18 Å². The first-order chi connectivity index (χ1) is 9.78. The average molecular weight is 275 g/mol. The van der Waals surface area contributed by atoms with Gasteiger partial charge in [0.1, 0.15) is 24.8 Å². The lowest BCUT2D eigenvalue weighted by Crippen LogP contribution is -2.16. The predicted octanol–water partition coefficient (Wildman–Crippen LogP) is 3.65. The minimum absolute atomic E-state index is 0.0160. The van der Waals surface area contributed by atoms with Crippen LogP contribution in [0.3, 0.4) is 0 Å². The molecule has 0 aromatic heterocycles. The van der Waals surface area contributed by atoms with Crippen molar-refractivity contribution in [1.29, 1.82) is 0 Å². The van der Waals surface area contributed by atoms with Gasteiger partial charge in [0.25, 0.3) is 0 Å². The summed E-state index contributed by atoms with van der Waals surface area (Å²) in [6.07, 6.45) is -0.598. The van der Waals surface area contributed by atoms with Gasteiger partial charge in [0, 0.05) is 11.8 Å². The van der Waals surface area contributed by atoms with Gasteiger partial charge in [0.2, 0.25) is 0 Å². The molecule has 2 aromatic rings. The number of hydrogen-bond acceptors (Lipinski definition) is 3. The van der Waals surface area contributed by atoms with Crippen molar-refractivity contribution in [2.75, 3.05) is 18.6 Å². The number of alkyl halides is 1. The molecule has 104 valence electrons. The van der Waals surface area contributed by atoms with E-state index in [1.165, 1.54) is 0 Å². The molecule has 5 heteroatoms. The fourth-order valence-electron chi connectivity index (χ4n) is 1.56. The summed E-state index contributed by atoms with van der Waals surface area (Å²) < 4.78 is 22.2. The third kappa shape index (κ3) is 4.28. The Hall–Kier alpha value is -2.56. The number of rotatable bonds is 5. The van der Waals surface area contributed by atoms with Crippen LogP contribution in [-0.2, 0) is 0 Å². The van der Waals surface area contributed by atoms with Gasteiger partial charge in [-0.3, -0.25) is 5.32 Å². The van der Waals surface area contributed by atoms with E-state index in [0.29, 0.717) is 17.2 Å². The summed E-state index contributed by atoms with van der Waals surface area (Å²) in [7, 11) is 0. The highest BCUT2D eigenvalue weighted by atomic mass is 19.1. The van der Waals surface area contributed by atoms with E-state index in [4.69, 9.17) is 9.47 Å². The number of hydrogen-bond donors (Lipinski definition) is 1. The second-order valence-electron chi connectivity index (χ2n) is 3.89. The average Bonchev–Trinajstić information content (AvgIpc) is 2.46. The Morgan fingerprint density at radius 2 is 1.80 bits per heavy atom. The zero-order valence-electron chi connectivity index (χ0n) is 10.7. The molecule has 1 N–H and O–H groups in total. The molecule has 20 heavy (non-hydrogen) atoms. The number of amides is 1. The molecule has 0 aliphatic carbocycles.